The van der Waals surface area contributed by atoms with E-state index in [2.05, 4.69) is 15.2 Å². The zero-order valence-electron chi connectivity index (χ0n) is 26.3. The van der Waals surface area contributed by atoms with E-state index in [4.69, 9.17) is 14.7 Å². The summed E-state index contributed by atoms with van der Waals surface area (Å²) in [5.41, 5.74) is 3.00. The molecule has 1 atom stereocenters. The lowest BCUT2D eigenvalue weighted by molar-refractivity contribution is -0.160. The second kappa shape index (κ2) is 13.4. The normalized spacial score (nSPS) is 14.1. The summed E-state index contributed by atoms with van der Waals surface area (Å²) in [5, 5.41) is 35.6. The first kappa shape index (κ1) is 34.0. The number of aromatic carboxylic acids is 2. The molecule has 10 nitrogen and oxygen atoms in total. The largest absolute Gasteiger partial charge is 0.478 e. The number of carbonyl (C=O) groups is 2. The zero-order valence-corrected chi connectivity index (χ0v) is 26.3. The maximum absolute atomic E-state index is 13.4. The second-order valence-electron chi connectivity index (χ2n) is 11.9. The fourth-order valence-corrected chi connectivity index (χ4v) is 5.49. The Morgan fingerprint density at radius 1 is 0.938 bits per heavy atom. The van der Waals surface area contributed by atoms with Gasteiger partial charge in [-0.3, -0.25) is 4.68 Å². The van der Waals surface area contributed by atoms with Crippen LogP contribution in [-0.4, -0.2) is 59.5 Å². The molecule has 1 fully saturated rings. The molecule has 1 aliphatic carbocycles. The molecule has 0 saturated heterocycles. The van der Waals surface area contributed by atoms with E-state index in [0.29, 0.717) is 30.0 Å². The van der Waals surface area contributed by atoms with Crippen molar-refractivity contribution in [2.75, 3.05) is 0 Å². The molecular weight excluding hydrogens is 629 g/mol. The predicted octanol–water partition coefficient (Wildman–Crippen LogP) is 6.87. The summed E-state index contributed by atoms with van der Waals surface area (Å²) in [6, 6.07) is 20.2. The number of hydrogen-bond donors (Lipinski definition) is 3. The van der Waals surface area contributed by atoms with Gasteiger partial charge < -0.3 is 19.8 Å². The van der Waals surface area contributed by atoms with Gasteiger partial charge in [0.05, 0.1) is 29.2 Å². The highest BCUT2D eigenvalue weighted by atomic mass is 19.4. The van der Waals surface area contributed by atoms with E-state index in [1.165, 1.54) is 37.3 Å². The van der Waals surface area contributed by atoms with E-state index in [0.717, 1.165) is 16.8 Å². The second-order valence-corrected chi connectivity index (χ2v) is 11.9. The van der Waals surface area contributed by atoms with E-state index in [9.17, 15) is 27.9 Å². The molecule has 0 radical (unpaired) electrons. The molecule has 0 bridgehead atoms. The summed E-state index contributed by atoms with van der Waals surface area (Å²) < 4.78 is 47.4. The highest BCUT2D eigenvalue weighted by Crippen LogP contribution is 2.58. The average molecular weight is 663 g/mol. The van der Waals surface area contributed by atoms with Crippen molar-refractivity contribution in [3.63, 3.8) is 0 Å². The number of halogens is 3. The van der Waals surface area contributed by atoms with Crippen LogP contribution in [0.25, 0.3) is 23.0 Å². The van der Waals surface area contributed by atoms with Crippen molar-refractivity contribution >= 4 is 11.9 Å². The van der Waals surface area contributed by atoms with Gasteiger partial charge in [0.25, 0.3) is 5.89 Å². The summed E-state index contributed by atoms with van der Waals surface area (Å²) >= 11 is 0. The first-order chi connectivity index (χ1) is 22.7. The number of aliphatic hydroxyl groups is 1. The summed E-state index contributed by atoms with van der Waals surface area (Å²) in [7, 11) is 0. The predicted molar refractivity (Wildman–Crippen MR) is 169 cm³/mol. The van der Waals surface area contributed by atoms with Gasteiger partial charge in [0.15, 0.2) is 5.69 Å². The molecule has 48 heavy (non-hydrogen) atoms. The standard InChI is InChI=1S/C26H25F3N4O2.C9H8O4/c1-16-12-22(31-33(16)15-19-5-3-4-18(14-19)13-17(2)34)24-30-23(32-35-24)20-6-8-21(9-7-20)25(10-11-25)26(27,28)29;1-5-6(8(10)11)3-2-4-7(5)9(12)13/h3-9,12,14,17,34H,10-11,13,15H2,1-2H3;2-4H,1H3,(H,10,11)(H,12,13). The Bertz CT molecular complexity index is 1910. The zero-order chi connectivity index (χ0) is 34.8. The Balaban J connectivity index is 0.000000292. The van der Waals surface area contributed by atoms with Crippen LogP contribution in [0.15, 0.2) is 77.3 Å². The Morgan fingerprint density at radius 2 is 1.54 bits per heavy atom. The van der Waals surface area contributed by atoms with Crippen molar-refractivity contribution in [1.29, 1.82) is 0 Å². The minimum absolute atomic E-state index is 0.0277. The molecule has 13 heteroatoms. The number of carboxylic acids is 2. The molecule has 2 heterocycles. The highest BCUT2D eigenvalue weighted by Gasteiger charge is 2.64. The lowest BCUT2D eigenvalue weighted by Gasteiger charge is -2.19. The molecule has 6 rings (SSSR count). The first-order valence-corrected chi connectivity index (χ1v) is 15.1. The lowest BCUT2D eigenvalue weighted by Crippen LogP contribution is -2.28. The Morgan fingerprint density at radius 3 is 2.10 bits per heavy atom. The topological polar surface area (TPSA) is 152 Å². The SMILES string of the molecule is Cc1c(C(=O)O)cccc1C(=O)O.Cc1cc(-c2nc(-c3ccc(C4(C(F)(F)F)CC4)cc3)no2)nn1Cc1cccc(CC(C)O)c1. The van der Waals surface area contributed by atoms with E-state index in [-0.39, 0.29) is 41.0 Å². The Hall–Kier alpha value is -5.30. The van der Waals surface area contributed by atoms with Crippen LogP contribution in [0, 0.1) is 13.8 Å². The summed E-state index contributed by atoms with van der Waals surface area (Å²) in [5.74, 6) is -1.69. The molecule has 0 spiro atoms. The monoisotopic (exact) mass is 662 g/mol. The third kappa shape index (κ3) is 7.31. The van der Waals surface area contributed by atoms with E-state index in [1.807, 2.05) is 41.9 Å². The van der Waals surface area contributed by atoms with Gasteiger partial charge in [-0.2, -0.15) is 23.3 Å². The molecular formula is C35H33F3N4O6. The van der Waals surface area contributed by atoms with Gasteiger partial charge in [0, 0.05) is 11.3 Å². The minimum Gasteiger partial charge on any atom is -0.478 e. The average Bonchev–Trinajstić information content (AvgIpc) is 3.58. The van der Waals surface area contributed by atoms with Crippen LogP contribution in [0.5, 0.6) is 0 Å². The van der Waals surface area contributed by atoms with Gasteiger partial charge >= 0.3 is 18.1 Å². The van der Waals surface area contributed by atoms with Gasteiger partial charge in [-0.15, -0.1) is 0 Å². The minimum atomic E-state index is -4.25. The Labute approximate surface area is 273 Å². The van der Waals surface area contributed by atoms with Gasteiger partial charge in [-0.1, -0.05) is 59.8 Å². The number of aliphatic hydroxyl groups excluding tert-OH is 1. The lowest BCUT2D eigenvalue weighted by atomic mass is 9.94. The first-order valence-electron chi connectivity index (χ1n) is 15.1. The van der Waals surface area contributed by atoms with Crippen LogP contribution in [0.4, 0.5) is 13.2 Å². The highest BCUT2D eigenvalue weighted by molar-refractivity contribution is 5.96. The fraction of sp³-hybridized carbons (Fsp3) is 0.286. The number of nitrogens with zero attached hydrogens (tertiary/aromatic N) is 4. The molecule has 0 amide bonds. The molecule has 2 aromatic heterocycles. The molecule has 3 aromatic carbocycles. The molecule has 0 aliphatic heterocycles. The van der Waals surface area contributed by atoms with Crippen LogP contribution in [-0.2, 0) is 18.4 Å². The van der Waals surface area contributed by atoms with Crippen LogP contribution >= 0.6 is 0 Å². The smallest absolute Gasteiger partial charge is 0.398 e. The summed E-state index contributed by atoms with van der Waals surface area (Å²) in [4.78, 5) is 25.6. The third-order valence-electron chi connectivity index (χ3n) is 8.26. The molecule has 250 valence electrons. The maximum Gasteiger partial charge on any atom is 0.398 e. The maximum atomic E-state index is 13.4. The van der Waals surface area contributed by atoms with Crippen molar-refractivity contribution in [3.05, 3.63) is 112 Å². The third-order valence-corrected chi connectivity index (χ3v) is 8.26. The van der Waals surface area contributed by atoms with Gasteiger partial charge in [-0.05, 0) is 80.5 Å². The Kier molecular flexibility index (Phi) is 9.53. The number of alkyl halides is 3. The quantitative estimate of drug-likeness (QED) is 0.154. The fourth-order valence-electron chi connectivity index (χ4n) is 5.49. The van der Waals surface area contributed by atoms with Crippen molar-refractivity contribution in [2.24, 2.45) is 0 Å². The van der Waals surface area contributed by atoms with E-state index in [1.54, 1.807) is 19.1 Å². The number of aromatic nitrogens is 4. The molecule has 1 saturated carbocycles. The van der Waals surface area contributed by atoms with Gasteiger partial charge in [0.1, 0.15) is 0 Å². The molecule has 1 aliphatic rings. The number of aryl methyl sites for hydroxylation is 1. The van der Waals surface area contributed by atoms with Crippen LogP contribution in [0.1, 0.15) is 68.4 Å². The van der Waals surface area contributed by atoms with Crippen LogP contribution in [0.2, 0.25) is 0 Å². The molecule has 1 unspecified atom stereocenters. The molecule has 3 N–H and O–H groups in total. The summed E-state index contributed by atoms with van der Waals surface area (Å²) in [6.45, 7) is 5.71. The van der Waals surface area contributed by atoms with Crippen LogP contribution in [0.3, 0.4) is 0 Å². The van der Waals surface area contributed by atoms with E-state index < -0.39 is 29.6 Å². The van der Waals surface area contributed by atoms with E-state index >= 15 is 0 Å². The molecule has 5 aromatic rings. The van der Waals surface area contributed by atoms with Gasteiger partial charge in [0.2, 0.25) is 5.82 Å². The van der Waals surface area contributed by atoms with Crippen molar-refractivity contribution < 1.29 is 42.6 Å². The summed E-state index contributed by atoms with van der Waals surface area (Å²) in [6.07, 6.45) is -3.83. The number of benzene rings is 3. The van der Waals surface area contributed by atoms with Crippen molar-refractivity contribution in [3.8, 4) is 23.0 Å². The number of carboxylic acid groups (broad SMARTS) is 2. The van der Waals surface area contributed by atoms with Crippen LogP contribution < -0.4 is 0 Å². The van der Waals surface area contributed by atoms with Gasteiger partial charge in [-0.25, -0.2) is 9.59 Å². The number of rotatable bonds is 9. The van der Waals surface area contributed by atoms with Crippen molar-refractivity contribution in [2.45, 2.75) is 64.3 Å². The van der Waals surface area contributed by atoms with Crippen molar-refractivity contribution in [1.82, 2.24) is 19.9 Å². The number of hydrogen-bond acceptors (Lipinski definition) is 7.